The van der Waals surface area contributed by atoms with E-state index in [1.54, 1.807) is 0 Å². The topological polar surface area (TPSA) is 27.3 Å². The SMILES string of the molecule is CC(C)C1CCCCC1.CC(C)NCC1CCC1.CCC1CN(C(C)C)C1.CCNC(C)C. The highest BCUT2D eigenvalue weighted by Gasteiger charge is 2.26. The first kappa shape index (κ1) is 32.9. The number of hydrogen-bond acceptors (Lipinski definition) is 3. The average molecular weight is 468 g/mol. The van der Waals surface area contributed by atoms with Gasteiger partial charge in [0.2, 0.25) is 0 Å². The molecule has 1 saturated heterocycles. The maximum absolute atomic E-state index is 3.45. The van der Waals surface area contributed by atoms with Crippen LogP contribution in [0, 0.1) is 23.7 Å². The van der Waals surface area contributed by atoms with Crippen LogP contribution in [0.5, 0.6) is 0 Å². The molecule has 2 N–H and O–H groups in total. The fourth-order valence-electron chi connectivity index (χ4n) is 4.60. The van der Waals surface area contributed by atoms with Gasteiger partial charge in [0.15, 0.2) is 0 Å². The van der Waals surface area contributed by atoms with Crippen LogP contribution in [0.15, 0.2) is 0 Å². The first-order valence-corrected chi connectivity index (χ1v) is 14.8. The van der Waals surface area contributed by atoms with Crippen molar-refractivity contribution in [2.24, 2.45) is 23.7 Å². The molecule has 0 unspecified atom stereocenters. The van der Waals surface area contributed by atoms with E-state index in [1.807, 2.05) is 0 Å². The molecule has 1 heterocycles. The average Bonchev–Trinajstić information content (AvgIpc) is 2.67. The highest BCUT2D eigenvalue weighted by molar-refractivity contribution is 4.80. The lowest BCUT2D eigenvalue weighted by molar-refractivity contribution is 0.0658. The van der Waals surface area contributed by atoms with Crippen molar-refractivity contribution in [1.29, 1.82) is 0 Å². The maximum Gasteiger partial charge on any atom is 0.00388 e. The molecule has 3 rings (SSSR count). The second kappa shape index (κ2) is 20.1. The molecule has 33 heavy (non-hydrogen) atoms. The molecule has 0 aromatic heterocycles. The van der Waals surface area contributed by atoms with Gasteiger partial charge in [0, 0.05) is 31.2 Å². The minimum atomic E-state index is 0.648. The minimum absolute atomic E-state index is 0.648. The molecule has 0 amide bonds. The number of nitrogens with one attached hydrogen (secondary N) is 2. The lowest BCUT2D eigenvalue weighted by Crippen LogP contribution is -2.49. The van der Waals surface area contributed by atoms with Gasteiger partial charge >= 0.3 is 0 Å². The van der Waals surface area contributed by atoms with Gasteiger partial charge in [-0.1, -0.05) is 100 Å². The number of nitrogens with zero attached hydrogens (tertiary/aromatic N) is 1. The Morgan fingerprint density at radius 3 is 1.48 bits per heavy atom. The number of likely N-dealkylation sites (tertiary alicyclic amines) is 1. The van der Waals surface area contributed by atoms with Gasteiger partial charge < -0.3 is 15.5 Å². The van der Waals surface area contributed by atoms with Crippen molar-refractivity contribution in [2.45, 2.75) is 145 Å². The van der Waals surface area contributed by atoms with Gasteiger partial charge in [-0.15, -0.1) is 0 Å². The lowest BCUT2D eigenvalue weighted by Gasteiger charge is -2.41. The number of hydrogen-bond donors (Lipinski definition) is 2. The second-order valence-electron chi connectivity index (χ2n) is 12.0. The summed E-state index contributed by atoms with van der Waals surface area (Å²) in [5.74, 6) is 4.00. The van der Waals surface area contributed by atoms with Crippen LogP contribution >= 0.6 is 0 Å². The van der Waals surface area contributed by atoms with Crippen LogP contribution in [-0.2, 0) is 0 Å². The molecule has 1 aliphatic heterocycles. The molecule has 3 fully saturated rings. The molecule has 0 bridgehead atoms. The van der Waals surface area contributed by atoms with Crippen LogP contribution in [0.1, 0.15) is 127 Å². The Kier molecular flexibility index (Phi) is 20.0. The smallest absolute Gasteiger partial charge is 0.00388 e. The maximum atomic E-state index is 3.45. The van der Waals surface area contributed by atoms with E-state index in [9.17, 15) is 0 Å². The van der Waals surface area contributed by atoms with Crippen molar-refractivity contribution in [1.82, 2.24) is 15.5 Å². The van der Waals surface area contributed by atoms with Gasteiger partial charge in [-0.05, 0) is 63.5 Å². The van der Waals surface area contributed by atoms with E-state index < -0.39 is 0 Å². The van der Waals surface area contributed by atoms with Crippen LogP contribution < -0.4 is 10.6 Å². The summed E-state index contributed by atoms with van der Waals surface area (Å²) in [6.07, 6.45) is 13.2. The standard InChI is InChI=1S/C9H18.2C8H17N.C5H13N/c1-8(2)9-6-4-3-5-7-9;1-7(2)9-6-8-4-3-5-8;1-4-8-5-9(6-8)7(2)3;1-4-6-5(2)3/h8-9H,3-7H2,1-2H3;7-9H,3-6H2,1-2H3;7-8H,4-6H2,1-3H3;5-6H,4H2,1-3H3. The molecule has 0 aromatic carbocycles. The van der Waals surface area contributed by atoms with E-state index in [4.69, 9.17) is 0 Å². The van der Waals surface area contributed by atoms with Crippen molar-refractivity contribution in [2.75, 3.05) is 26.2 Å². The van der Waals surface area contributed by atoms with Crippen molar-refractivity contribution < 1.29 is 0 Å². The first-order valence-electron chi connectivity index (χ1n) is 14.8. The van der Waals surface area contributed by atoms with Gasteiger partial charge in [-0.3, -0.25) is 0 Å². The van der Waals surface area contributed by atoms with Crippen LogP contribution in [0.3, 0.4) is 0 Å². The Bertz CT molecular complexity index is 399. The zero-order chi connectivity index (χ0) is 25.2. The summed E-state index contributed by atoms with van der Waals surface area (Å²) >= 11 is 0. The predicted octanol–water partition coefficient (Wildman–Crippen LogP) is 7.75. The molecule has 3 nitrogen and oxygen atoms in total. The molecule has 0 aromatic rings. The molecule has 0 spiro atoms. The fraction of sp³-hybridized carbons (Fsp3) is 1.00. The lowest BCUT2D eigenvalue weighted by atomic mass is 9.82. The van der Waals surface area contributed by atoms with E-state index in [2.05, 4.69) is 84.8 Å². The Labute approximate surface area is 210 Å². The summed E-state index contributed by atoms with van der Waals surface area (Å²) in [5.41, 5.74) is 0. The van der Waals surface area contributed by atoms with Gasteiger partial charge in [0.05, 0.1) is 0 Å². The van der Waals surface area contributed by atoms with Crippen LogP contribution in [0.2, 0.25) is 0 Å². The van der Waals surface area contributed by atoms with E-state index in [0.717, 1.165) is 36.3 Å². The van der Waals surface area contributed by atoms with Crippen LogP contribution in [0.4, 0.5) is 0 Å². The van der Waals surface area contributed by atoms with Crippen LogP contribution in [-0.4, -0.2) is 49.2 Å². The van der Waals surface area contributed by atoms with Gasteiger partial charge in [0.25, 0.3) is 0 Å². The Balaban J connectivity index is 0.000000419. The molecule has 3 aliphatic rings. The molecule has 0 radical (unpaired) electrons. The third-order valence-corrected chi connectivity index (χ3v) is 7.54. The third-order valence-electron chi connectivity index (χ3n) is 7.54. The molecule has 2 saturated carbocycles. The summed E-state index contributed by atoms with van der Waals surface area (Å²) in [7, 11) is 0. The number of rotatable bonds is 8. The Morgan fingerprint density at radius 2 is 1.21 bits per heavy atom. The summed E-state index contributed by atoms with van der Waals surface area (Å²) < 4.78 is 0. The molecular weight excluding hydrogens is 402 g/mol. The fourth-order valence-corrected chi connectivity index (χ4v) is 4.60. The summed E-state index contributed by atoms with van der Waals surface area (Å²) in [6, 6.07) is 2.09. The van der Waals surface area contributed by atoms with Gasteiger partial charge in [-0.25, -0.2) is 0 Å². The van der Waals surface area contributed by atoms with Gasteiger partial charge in [0.1, 0.15) is 0 Å². The van der Waals surface area contributed by atoms with E-state index in [0.29, 0.717) is 12.1 Å². The summed E-state index contributed by atoms with van der Waals surface area (Å²) in [6.45, 7) is 27.4. The minimum Gasteiger partial charge on any atom is -0.315 e. The largest absolute Gasteiger partial charge is 0.315 e. The predicted molar refractivity (Wildman–Crippen MR) is 151 cm³/mol. The second-order valence-corrected chi connectivity index (χ2v) is 12.0. The van der Waals surface area contributed by atoms with Crippen molar-refractivity contribution >= 4 is 0 Å². The summed E-state index contributed by atoms with van der Waals surface area (Å²) in [4.78, 5) is 2.52. The third kappa shape index (κ3) is 17.9. The van der Waals surface area contributed by atoms with Gasteiger partial charge in [-0.2, -0.15) is 0 Å². The zero-order valence-corrected chi connectivity index (χ0v) is 24.7. The van der Waals surface area contributed by atoms with Crippen molar-refractivity contribution in [3.63, 3.8) is 0 Å². The quantitative estimate of drug-likeness (QED) is 0.382. The zero-order valence-electron chi connectivity index (χ0n) is 24.7. The van der Waals surface area contributed by atoms with Crippen LogP contribution in [0.25, 0.3) is 0 Å². The highest BCUT2D eigenvalue weighted by Crippen LogP contribution is 2.29. The monoisotopic (exact) mass is 468 g/mol. The first-order chi connectivity index (χ1) is 15.6. The van der Waals surface area contributed by atoms with E-state index >= 15 is 0 Å². The highest BCUT2D eigenvalue weighted by atomic mass is 15.2. The molecule has 0 atom stereocenters. The Hall–Kier alpha value is -0.120. The van der Waals surface area contributed by atoms with E-state index in [1.165, 1.54) is 77.4 Å². The normalized spacial score (nSPS) is 19.8. The van der Waals surface area contributed by atoms with Crippen molar-refractivity contribution in [3.05, 3.63) is 0 Å². The molecular formula is C30H65N3. The molecule has 3 heteroatoms. The summed E-state index contributed by atoms with van der Waals surface area (Å²) in [5, 5.41) is 6.66. The molecule has 2 aliphatic carbocycles. The Morgan fingerprint density at radius 1 is 0.667 bits per heavy atom. The van der Waals surface area contributed by atoms with E-state index in [-0.39, 0.29) is 0 Å². The molecule has 200 valence electrons. The van der Waals surface area contributed by atoms with Crippen molar-refractivity contribution in [3.8, 4) is 0 Å².